The first-order valence-corrected chi connectivity index (χ1v) is 6.20. The summed E-state index contributed by atoms with van der Waals surface area (Å²) in [6, 6.07) is 0. The highest BCUT2D eigenvalue weighted by Gasteiger charge is 2.36. The number of unbranched alkanes of at least 4 members (excludes halogenated alkanes) is 1. The molecule has 1 saturated carbocycles. The second-order valence-corrected chi connectivity index (χ2v) is 5.10. The molecule has 1 N–H and O–H groups in total. The third-order valence-electron chi connectivity index (χ3n) is 3.93. The quantitative estimate of drug-likeness (QED) is 0.746. The number of aliphatic hydroxyl groups is 1. The van der Waals surface area contributed by atoms with Gasteiger partial charge in [0.15, 0.2) is 0 Å². The van der Waals surface area contributed by atoms with Crippen molar-refractivity contribution >= 4 is 0 Å². The molecule has 2 nitrogen and oxygen atoms in total. The summed E-state index contributed by atoms with van der Waals surface area (Å²) < 4.78 is 0. The first-order chi connectivity index (χ1) is 6.79. The standard InChI is InChI=1S/C12H23NO/c1-2-3-6-13-8-10-4-5-12(14)7-11(10)9-13/h10-12,14H,2-9H2,1H3. The molecule has 1 aliphatic heterocycles. The van der Waals surface area contributed by atoms with Crippen molar-refractivity contribution < 1.29 is 5.11 Å². The molecule has 0 aromatic rings. The first kappa shape index (κ1) is 10.4. The van der Waals surface area contributed by atoms with Crippen LogP contribution in [0.3, 0.4) is 0 Å². The first-order valence-electron chi connectivity index (χ1n) is 6.20. The lowest BCUT2D eigenvalue weighted by Gasteiger charge is -2.27. The van der Waals surface area contributed by atoms with Gasteiger partial charge in [-0.1, -0.05) is 13.3 Å². The van der Waals surface area contributed by atoms with Gasteiger partial charge in [0.25, 0.3) is 0 Å². The maximum atomic E-state index is 9.60. The largest absolute Gasteiger partial charge is 0.393 e. The van der Waals surface area contributed by atoms with E-state index in [-0.39, 0.29) is 6.10 Å². The lowest BCUT2D eigenvalue weighted by atomic mass is 9.80. The third kappa shape index (κ3) is 2.29. The molecule has 1 saturated heterocycles. The van der Waals surface area contributed by atoms with Crippen LogP contribution in [0.25, 0.3) is 0 Å². The number of nitrogens with zero attached hydrogens (tertiary/aromatic N) is 1. The minimum absolute atomic E-state index is 0.00220. The molecule has 0 aromatic heterocycles. The topological polar surface area (TPSA) is 23.5 Å². The van der Waals surface area contributed by atoms with E-state index in [1.807, 2.05) is 0 Å². The molecule has 0 spiro atoms. The van der Waals surface area contributed by atoms with Crippen molar-refractivity contribution in [1.82, 2.24) is 4.90 Å². The highest BCUT2D eigenvalue weighted by atomic mass is 16.3. The number of hydrogen-bond donors (Lipinski definition) is 1. The normalized spacial score (nSPS) is 38.6. The molecular formula is C12H23NO. The monoisotopic (exact) mass is 197 g/mol. The molecule has 2 fully saturated rings. The van der Waals surface area contributed by atoms with E-state index >= 15 is 0 Å². The molecule has 0 bridgehead atoms. The van der Waals surface area contributed by atoms with Gasteiger partial charge >= 0.3 is 0 Å². The summed E-state index contributed by atoms with van der Waals surface area (Å²) in [5, 5.41) is 9.60. The lowest BCUT2D eigenvalue weighted by Crippen LogP contribution is -2.26. The average molecular weight is 197 g/mol. The Morgan fingerprint density at radius 1 is 1.21 bits per heavy atom. The maximum Gasteiger partial charge on any atom is 0.0543 e. The van der Waals surface area contributed by atoms with Crippen LogP contribution in [-0.4, -0.2) is 35.7 Å². The van der Waals surface area contributed by atoms with Crippen LogP contribution in [0.4, 0.5) is 0 Å². The van der Waals surface area contributed by atoms with E-state index in [9.17, 15) is 5.11 Å². The lowest BCUT2D eigenvalue weighted by molar-refractivity contribution is 0.0865. The third-order valence-corrected chi connectivity index (χ3v) is 3.93. The smallest absolute Gasteiger partial charge is 0.0543 e. The Bertz CT molecular complexity index is 183. The van der Waals surface area contributed by atoms with E-state index in [1.54, 1.807) is 0 Å². The van der Waals surface area contributed by atoms with Crippen LogP contribution in [0.2, 0.25) is 0 Å². The summed E-state index contributed by atoms with van der Waals surface area (Å²) >= 11 is 0. The zero-order valence-electron chi connectivity index (χ0n) is 9.28. The SMILES string of the molecule is CCCCN1CC2CCC(O)CC2C1. The Kier molecular flexibility index (Phi) is 3.45. The van der Waals surface area contributed by atoms with Crippen LogP contribution >= 0.6 is 0 Å². The van der Waals surface area contributed by atoms with E-state index in [4.69, 9.17) is 0 Å². The predicted octanol–water partition coefficient (Wildman–Crippen LogP) is 1.88. The van der Waals surface area contributed by atoms with Gasteiger partial charge in [-0.15, -0.1) is 0 Å². The van der Waals surface area contributed by atoms with Crippen LogP contribution in [-0.2, 0) is 0 Å². The molecule has 14 heavy (non-hydrogen) atoms. The average Bonchev–Trinajstić information content (AvgIpc) is 2.56. The number of likely N-dealkylation sites (tertiary alicyclic amines) is 1. The fourth-order valence-corrected chi connectivity index (χ4v) is 3.07. The summed E-state index contributed by atoms with van der Waals surface area (Å²) in [5.41, 5.74) is 0. The molecule has 0 aromatic carbocycles. The van der Waals surface area contributed by atoms with E-state index in [2.05, 4.69) is 11.8 Å². The Labute approximate surface area is 87.3 Å². The highest BCUT2D eigenvalue weighted by Crippen LogP contribution is 2.36. The zero-order chi connectivity index (χ0) is 9.97. The fraction of sp³-hybridized carbons (Fsp3) is 1.00. The fourth-order valence-electron chi connectivity index (χ4n) is 3.07. The second-order valence-electron chi connectivity index (χ2n) is 5.10. The molecule has 2 aliphatic rings. The Morgan fingerprint density at radius 2 is 2.00 bits per heavy atom. The maximum absolute atomic E-state index is 9.60. The summed E-state index contributed by atoms with van der Waals surface area (Å²) in [5.74, 6) is 1.70. The van der Waals surface area contributed by atoms with E-state index in [0.29, 0.717) is 0 Å². The summed E-state index contributed by atoms with van der Waals surface area (Å²) in [7, 11) is 0. The molecule has 0 radical (unpaired) electrons. The van der Waals surface area contributed by atoms with E-state index in [0.717, 1.165) is 24.7 Å². The molecular weight excluding hydrogens is 174 g/mol. The van der Waals surface area contributed by atoms with Gasteiger partial charge in [0, 0.05) is 13.1 Å². The molecule has 2 heteroatoms. The second kappa shape index (κ2) is 4.63. The van der Waals surface area contributed by atoms with Crippen LogP contribution in [0, 0.1) is 11.8 Å². The number of aliphatic hydroxyl groups excluding tert-OH is 1. The van der Waals surface area contributed by atoms with Crippen molar-refractivity contribution in [2.45, 2.75) is 45.1 Å². The van der Waals surface area contributed by atoms with Crippen molar-refractivity contribution in [1.29, 1.82) is 0 Å². The molecule has 82 valence electrons. The van der Waals surface area contributed by atoms with Crippen LogP contribution in [0.15, 0.2) is 0 Å². The number of fused-ring (bicyclic) bond motifs is 1. The molecule has 1 aliphatic carbocycles. The predicted molar refractivity (Wildman–Crippen MR) is 58.2 cm³/mol. The van der Waals surface area contributed by atoms with Gasteiger partial charge in [-0.05, 0) is 44.1 Å². The van der Waals surface area contributed by atoms with Gasteiger partial charge in [-0.25, -0.2) is 0 Å². The summed E-state index contributed by atoms with van der Waals surface area (Å²) in [6.45, 7) is 6.09. The van der Waals surface area contributed by atoms with Gasteiger partial charge in [0.1, 0.15) is 0 Å². The van der Waals surface area contributed by atoms with Gasteiger partial charge < -0.3 is 10.0 Å². The van der Waals surface area contributed by atoms with Crippen molar-refractivity contribution in [3.63, 3.8) is 0 Å². The van der Waals surface area contributed by atoms with Crippen molar-refractivity contribution in [2.24, 2.45) is 11.8 Å². The van der Waals surface area contributed by atoms with Crippen LogP contribution in [0.1, 0.15) is 39.0 Å². The van der Waals surface area contributed by atoms with Gasteiger partial charge in [0.05, 0.1) is 6.10 Å². The Morgan fingerprint density at radius 3 is 2.79 bits per heavy atom. The Hall–Kier alpha value is -0.0800. The summed E-state index contributed by atoms with van der Waals surface area (Å²) in [4.78, 5) is 2.61. The molecule has 3 unspecified atom stereocenters. The van der Waals surface area contributed by atoms with Crippen LogP contribution < -0.4 is 0 Å². The van der Waals surface area contributed by atoms with Crippen molar-refractivity contribution in [3.8, 4) is 0 Å². The zero-order valence-corrected chi connectivity index (χ0v) is 9.28. The van der Waals surface area contributed by atoms with E-state index < -0.39 is 0 Å². The summed E-state index contributed by atoms with van der Waals surface area (Å²) in [6.07, 6.45) is 6.00. The number of rotatable bonds is 3. The van der Waals surface area contributed by atoms with Crippen molar-refractivity contribution in [3.05, 3.63) is 0 Å². The number of hydrogen-bond acceptors (Lipinski definition) is 2. The highest BCUT2D eigenvalue weighted by molar-refractivity contribution is 4.89. The Balaban J connectivity index is 1.80. The van der Waals surface area contributed by atoms with Gasteiger partial charge in [-0.2, -0.15) is 0 Å². The van der Waals surface area contributed by atoms with Crippen molar-refractivity contribution in [2.75, 3.05) is 19.6 Å². The molecule has 3 atom stereocenters. The molecule has 2 rings (SSSR count). The van der Waals surface area contributed by atoms with Gasteiger partial charge in [0.2, 0.25) is 0 Å². The molecule has 1 heterocycles. The minimum atomic E-state index is 0.00220. The molecule has 0 amide bonds. The van der Waals surface area contributed by atoms with E-state index in [1.165, 1.54) is 38.9 Å². The van der Waals surface area contributed by atoms with Gasteiger partial charge in [-0.3, -0.25) is 0 Å². The van der Waals surface area contributed by atoms with Crippen LogP contribution in [0.5, 0.6) is 0 Å². The minimum Gasteiger partial charge on any atom is -0.393 e.